The quantitative estimate of drug-likeness (QED) is 0.472. The first-order chi connectivity index (χ1) is 14.4. The van der Waals surface area contributed by atoms with Crippen molar-refractivity contribution < 1.29 is 9.26 Å². The number of fused-ring (bicyclic) bond motifs is 1. The summed E-state index contributed by atoms with van der Waals surface area (Å²) < 4.78 is 12.4. The minimum atomic E-state index is -0.662. The fraction of sp³-hybridized carbons (Fsp3) is 0.238. The Kier molecular flexibility index (Phi) is 5.41. The Labute approximate surface area is 176 Å². The van der Waals surface area contributed by atoms with E-state index in [1.165, 1.54) is 4.57 Å². The van der Waals surface area contributed by atoms with E-state index in [1.807, 2.05) is 13.8 Å². The van der Waals surface area contributed by atoms with Crippen molar-refractivity contribution in [1.29, 1.82) is 0 Å². The number of rotatable bonds is 6. The molecule has 0 aliphatic rings. The van der Waals surface area contributed by atoms with Crippen LogP contribution in [0.2, 0.25) is 5.02 Å². The average molecular weight is 427 g/mol. The van der Waals surface area contributed by atoms with Crippen molar-refractivity contribution in [3.63, 3.8) is 0 Å². The zero-order valence-corrected chi connectivity index (χ0v) is 17.1. The molecule has 0 saturated carbocycles. The number of nitrogens with zero attached hydrogens (tertiary/aromatic N) is 3. The molecule has 4 rings (SSSR count). The van der Waals surface area contributed by atoms with E-state index in [0.717, 1.165) is 0 Å². The molecule has 2 aromatic heterocycles. The first kappa shape index (κ1) is 19.9. The van der Waals surface area contributed by atoms with Gasteiger partial charge in [-0.15, -0.1) is 0 Å². The summed E-state index contributed by atoms with van der Waals surface area (Å²) in [7, 11) is 0. The summed E-state index contributed by atoms with van der Waals surface area (Å²) in [5.41, 5.74) is 0.596. The van der Waals surface area contributed by atoms with Crippen LogP contribution >= 0.6 is 11.6 Å². The molecular formula is C21H19ClN4O4. The minimum Gasteiger partial charge on any atom is -0.484 e. The van der Waals surface area contributed by atoms with Crippen molar-refractivity contribution >= 4 is 22.6 Å². The van der Waals surface area contributed by atoms with Crippen LogP contribution in [-0.2, 0) is 13.2 Å². The number of halogens is 1. The van der Waals surface area contributed by atoms with E-state index in [-0.39, 0.29) is 12.5 Å². The van der Waals surface area contributed by atoms with Gasteiger partial charge in [-0.25, -0.2) is 0 Å². The van der Waals surface area contributed by atoms with Crippen molar-refractivity contribution in [2.45, 2.75) is 27.0 Å². The van der Waals surface area contributed by atoms with Gasteiger partial charge in [-0.3, -0.25) is 9.59 Å². The maximum atomic E-state index is 12.2. The van der Waals surface area contributed by atoms with Crippen molar-refractivity contribution in [1.82, 2.24) is 19.7 Å². The number of hydrogen-bond acceptors (Lipinski definition) is 6. The fourth-order valence-electron chi connectivity index (χ4n) is 3.07. The molecule has 0 aliphatic heterocycles. The third kappa shape index (κ3) is 4.13. The lowest BCUT2D eigenvalue weighted by Gasteiger charge is -2.12. The van der Waals surface area contributed by atoms with Crippen LogP contribution in [0.15, 0.2) is 56.6 Å². The highest BCUT2D eigenvalue weighted by Crippen LogP contribution is 2.22. The Hall–Kier alpha value is -3.39. The van der Waals surface area contributed by atoms with Gasteiger partial charge in [0.15, 0.2) is 6.61 Å². The Morgan fingerprint density at radius 3 is 2.67 bits per heavy atom. The summed E-state index contributed by atoms with van der Waals surface area (Å²) >= 11 is 5.86. The van der Waals surface area contributed by atoms with Crippen LogP contribution in [0.1, 0.15) is 19.7 Å². The van der Waals surface area contributed by atoms with E-state index in [4.69, 9.17) is 20.9 Å². The third-order valence-corrected chi connectivity index (χ3v) is 4.68. The molecule has 4 aromatic rings. The number of nitrogens with one attached hydrogen (secondary N) is 1. The molecule has 0 saturated heterocycles. The van der Waals surface area contributed by atoms with Crippen LogP contribution in [0.4, 0.5) is 0 Å². The van der Waals surface area contributed by atoms with Crippen LogP contribution in [0.5, 0.6) is 5.75 Å². The lowest BCUT2D eigenvalue weighted by molar-refractivity contribution is 0.243. The van der Waals surface area contributed by atoms with Gasteiger partial charge in [-0.05, 0) is 48.4 Å². The normalized spacial score (nSPS) is 11.3. The van der Waals surface area contributed by atoms with E-state index in [2.05, 4.69) is 15.1 Å². The molecule has 154 valence electrons. The van der Waals surface area contributed by atoms with Gasteiger partial charge in [0.25, 0.3) is 5.89 Å². The first-order valence-electron chi connectivity index (χ1n) is 9.39. The maximum Gasteiger partial charge on any atom is 0.316 e. The highest BCUT2D eigenvalue weighted by atomic mass is 35.5. The lowest BCUT2D eigenvalue weighted by Crippen LogP contribution is -2.37. The van der Waals surface area contributed by atoms with Gasteiger partial charge in [0.05, 0.1) is 11.0 Å². The van der Waals surface area contributed by atoms with Crippen LogP contribution in [0.3, 0.4) is 0 Å². The SMILES string of the molecule is CC(C)Cn1c(=O)c(=O)[nH]c2cc(-c3noc(COc4ccc(Cl)cc4)n3)ccc21. The highest BCUT2D eigenvalue weighted by Gasteiger charge is 2.13. The molecular weight excluding hydrogens is 408 g/mol. The topological polar surface area (TPSA) is 103 Å². The summed E-state index contributed by atoms with van der Waals surface area (Å²) in [5.74, 6) is 1.51. The molecule has 2 heterocycles. The van der Waals surface area contributed by atoms with Crippen molar-refractivity contribution in [2.75, 3.05) is 0 Å². The summed E-state index contributed by atoms with van der Waals surface area (Å²) in [6, 6.07) is 12.2. The number of H-pyrrole nitrogens is 1. The molecule has 2 aromatic carbocycles. The lowest BCUT2D eigenvalue weighted by atomic mass is 10.1. The molecule has 0 bridgehead atoms. The molecule has 0 aliphatic carbocycles. The molecule has 0 amide bonds. The average Bonchev–Trinajstić information content (AvgIpc) is 3.19. The maximum absolute atomic E-state index is 12.2. The number of benzene rings is 2. The predicted octanol–water partition coefficient (Wildman–Crippen LogP) is 3.63. The van der Waals surface area contributed by atoms with Crippen molar-refractivity contribution in [2.24, 2.45) is 5.92 Å². The van der Waals surface area contributed by atoms with Gasteiger partial charge < -0.3 is 18.8 Å². The Bertz CT molecular complexity index is 1310. The number of hydrogen-bond donors (Lipinski definition) is 1. The second-order valence-corrected chi connectivity index (χ2v) is 7.69. The zero-order chi connectivity index (χ0) is 21.3. The van der Waals surface area contributed by atoms with Gasteiger partial charge in [0.2, 0.25) is 5.82 Å². The number of ether oxygens (including phenoxy) is 1. The molecule has 0 unspecified atom stereocenters. The standard InChI is InChI=1S/C21H19ClN4O4/c1-12(2)10-26-17-8-3-13(9-16(17)23-20(27)21(26)28)19-24-18(30-25-19)11-29-15-6-4-14(22)5-7-15/h3-9,12H,10-11H2,1-2H3,(H,23,27). The van der Waals surface area contributed by atoms with Crippen molar-refractivity contribution in [3.05, 3.63) is 74.1 Å². The van der Waals surface area contributed by atoms with Crippen LogP contribution in [-0.4, -0.2) is 19.7 Å². The smallest absolute Gasteiger partial charge is 0.316 e. The third-order valence-electron chi connectivity index (χ3n) is 4.42. The second kappa shape index (κ2) is 8.16. The van der Waals surface area contributed by atoms with E-state index in [1.54, 1.807) is 42.5 Å². The monoisotopic (exact) mass is 426 g/mol. The summed E-state index contributed by atoms with van der Waals surface area (Å²) in [4.78, 5) is 31.3. The fourth-order valence-corrected chi connectivity index (χ4v) is 3.20. The van der Waals surface area contributed by atoms with Gasteiger partial charge >= 0.3 is 11.1 Å². The Morgan fingerprint density at radius 1 is 1.17 bits per heavy atom. The van der Waals surface area contributed by atoms with Gasteiger partial charge in [-0.2, -0.15) is 4.98 Å². The second-order valence-electron chi connectivity index (χ2n) is 7.25. The first-order valence-corrected chi connectivity index (χ1v) is 9.76. The Balaban J connectivity index is 1.61. The molecule has 0 spiro atoms. The van der Waals surface area contributed by atoms with Crippen LogP contribution < -0.4 is 15.9 Å². The van der Waals surface area contributed by atoms with E-state index in [9.17, 15) is 9.59 Å². The Morgan fingerprint density at radius 2 is 1.93 bits per heavy atom. The predicted molar refractivity (Wildman–Crippen MR) is 113 cm³/mol. The molecule has 0 atom stereocenters. The minimum absolute atomic E-state index is 0.104. The van der Waals surface area contributed by atoms with Crippen molar-refractivity contribution in [3.8, 4) is 17.1 Å². The van der Waals surface area contributed by atoms with Crippen LogP contribution in [0, 0.1) is 5.92 Å². The summed E-state index contributed by atoms with van der Waals surface area (Å²) in [5, 5.41) is 4.60. The van der Waals surface area contributed by atoms with Crippen LogP contribution in [0.25, 0.3) is 22.4 Å². The summed E-state index contributed by atoms with van der Waals surface area (Å²) in [6.45, 7) is 4.53. The molecule has 30 heavy (non-hydrogen) atoms. The molecule has 8 nitrogen and oxygen atoms in total. The van der Waals surface area contributed by atoms with Gasteiger partial charge in [0.1, 0.15) is 5.75 Å². The number of aromatic nitrogens is 4. The van der Waals surface area contributed by atoms with Gasteiger partial charge in [0, 0.05) is 17.1 Å². The molecule has 0 radical (unpaired) electrons. The largest absolute Gasteiger partial charge is 0.484 e. The molecule has 9 heteroatoms. The highest BCUT2D eigenvalue weighted by molar-refractivity contribution is 6.30. The van der Waals surface area contributed by atoms with E-state index < -0.39 is 11.1 Å². The number of aromatic amines is 1. The molecule has 1 N–H and O–H groups in total. The summed E-state index contributed by atoms with van der Waals surface area (Å²) in [6.07, 6.45) is 0. The van der Waals surface area contributed by atoms with E-state index >= 15 is 0 Å². The van der Waals surface area contributed by atoms with E-state index in [0.29, 0.717) is 45.6 Å². The zero-order valence-electron chi connectivity index (χ0n) is 16.4. The molecule has 0 fully saturated rings. The van der Waals surface area contributed by atoms with Gasteiger partial charge in [-0.1, -0.05) is 30.6 Å².